The van der Waals surface area contributed by atoms with Gasteiger partial charge in [0.1, 0.15) is 0 Å². The Labute approximate surface area is 81.1 Å². The van der Waals surface area contributed by atoms with E-state index in [1.54, 1.807) is 18.3 Å². The zero-order valence-corrected chi connectivity index (χ0v) is 7.71. The predicted molar refractivity (Wildman–Crippen MR) is 51.5 cm³/mol. The molecule has 70 valence electrons. The molecular formula is C8H10ClN3O. The van der Waals surface area contributed by atoms with Gasteiger partial charge in [-0.25, -0.2) is 4.98 Å². The molecule has 0 aliphatic heterocycles. The Bertz CT molecular complexity index is 303. The highest BCUT2D eigenvalue weighted by molar-refractivity contribution is 6.32. The van der Waals surface area contributed by atoms with Crippen LogP contribution in [0.2, 0.25) is 5.15 Å². The molecule has 0 radical (unpaired) electrons. The number of rotatable bonds is 3. The molecule has 13 heavy (non-hydrogen) atoms. The summed E-state index contributed by atoms with van der Waals surface area (Å²) in [4.78, 5) is 14.9. The van der Waals surface area contributed by atoms with Crippen molar-refractivity contribution in [3.05, 3.63) is 23.5 Å². The number of hydrogen-bond donors (Lipinski definition) is 2. The second-order valence-electron chi connectivity index (χ2n) is 2.43. The molecule has 0 aromatic carbocycles. The third-order valence-electron chi connectivity index (χ3n) is 1.40. The third kappa shape index (κ3) is 3.01. The van der Waals surface area contributed by atoms with Gasteiger partial charge in [0, 0.05) is 19.2 Å². The monoisotopic (exact) mass is 199 g/mol. The van der Waals surface area contributed by atoms with Crippen LogP contribution in [0.15, 0.2) is 18.3 Å². The molecule has 0 aliphatic rings. The van der Waals surface area contributed by atoms with Gasteiger partial charge >= 0.3 is 0 Å². The molecule has 5 heteroatoms. The molecule has 0 saturated heterocycles. The highest BCUT2D eigenvalue weighted by atomic mass is 35.5. The summed E-state index contributed by atoms with van der Waals surface area (Å²) in [5, 5.41) is 2.88. The van der Waals surface area contributed by atoms with Crippen LogP contribution in [0.5, 0.6) is 0 Å². The summed E-state index contributed by atoms with van der Waals surface area (Å²) < 4.78 is 0. The van der Waals surface area contributed by atoms with Gasteiger partial charge in [-0.05, 0) is 12.1 Å². The Balaban J connectivity index is 2.63. The van der Waals surface area contributed by atoms with Crippen molar-refractivity contribution < 1.29 is 4.79 Å². The summed E-state index contributed by atoms with van der Waals surface area (Å²) >= 11 is 5.71. The van der Waals surface area contributed by atoms with Crippen LogP contribution in [0.4, 0.5) is 5.69 Å². The highest BCUT2D eigenvalue weighted by Crippen LogP contribution is 2.17. The summed E-state index contributed by atoms with van der Waals surface area (Å²) in [6, 6.07) is 3.38. The van der Waals surface area contributed by atoms with Crippen LogP contribution < -0.4 is 11.1 Å². The molecule has 0 saturated carbocycles. The van der Waals surface area contributed by atoms with Crippen molar-refractivity contribution in [1.29, 1.82) is 0 Å². The standard InChI is InChI=1S/C8H10ClN3O/c9-8-6(2-1-5-11-8)12-7(13)3-4-10/h1-2,5H,3-4,10H2,(H,12,13). The third-order valence-corrected chi connectivity index (χ3v) is 1.71. The Kier molecular flexibility index (Phi) is 3.67. The van der Waals surface area contributed by atoms with Crippen LogP contribution in [0.3, 0.4) is 0 Å². The maximum atomic E-state index is 11.1. The molecule has 1 aromatic heterocycles. The highest BCUT2D eigenvalue weighted by Gasteiger charge is 2.03. The molecule has 0 unspecified atom stereocenters. The number of carbonyl (C=O) groups is 1. The van der Waals surface area contributed by atoms with Crippen molar-refractivity contribution in [2.24, 2.45) is 5.73 Å². The first-order chi connectivity index (χ1) is 6.24. The van der Waals surface area contributed by atoms with Crippen LogP contribution >= 0.6 is 11.6 Å². The second kappa shape index (κ2) is 4.79. The van der Waals surface area contributed by atoms with E-state index in [9.17, 15) is 4.79 Å². The van der Waals surface area contributed by atoms with Crippen molar-refractivity contribution in [1.82, 2.24) is 4.98 Å². The summed E-state index contributed by atoms with van der Waals surface area (Å²) in [7, 11) is 0. The van der Waals surface area contributed by atoms with Gasteiger partial charge in [0.2, 0.25) is 5.91 Å². The molecule has 0 fully saturated rings. The normalized spacial score (nSPS) is 9.69. The summed E-state index contributed by atoms with van der Waals surface area (Å²) in [6.07, 6.45) is 1.84. The number of hydrogen-bond acceptors (Lipinski definition) is 3. The van der Waals surface area contributed by atoms with Crippen molar-refractivity contribution >= 4 is 23.2 Å². The van der Waals surface area contributed by atoms with Crippen molar-refractivity contribution in [3.8, 4) is 0 Å². The fraction of sp³-hybridized carbons (Fsp3) is 0.250. The predicted octanol–water partition coefficient (Wildman–Crippen LogP) is 1.02. The fourth-order valence-corrected chi connectivity index (χ4v) is 0.990. The smallest absolute Gasteiger partial charge is 0.225 e. The number of pyridine rings is 1. The van der Waals surface area contributed by atoms with Gasteiger partial charge in [-0.1, -0.05) is 11.6 Å². The molecule has 1 heterocycles. The van der Waals surface area contributed by atoms with Crippen LogP contribution in [0, 0.1) is 0 Å². The lowest BCUT2D eigenvalue weighted by Crippen LogP contribution is -2.16. The lowest BCUT2D eigenvalue weighted by Gasteiger charge is -2.04. The van der Waals surface area contributed by atoms with E-state index in [0.29, 0.717) is 12.2 Å². The average molecular weight is 200 g/mol. The van der Waals surface area contributed by atoms with Crippen molar-refractivity contribution in [3.63, 3.8) is 0 Å². The van der Waals surface area contributed by atoms with Gasteiger partial charge in [-0.3, -0.25) is 4.79 Å². The van der Waals surface area contributed by atoms with E-state index in [-0.39, 0.29) is 17.5 Å². The van der Waals surface area contributed by atoms with E-state index in [4.69, 9.17) is 17.3 Å². The van der Waals surface area contributed by atoms with E-state index < -0.39 is 0 Å². The maximum Gasteiger partial charge on any atom is 0.225 e. The van der Waals surface area contributed by atoms with Crippen molar-refractivity contribution in [2.75, 3.05) is 11.9 Å². The zero-order chi connectivity index (χ0) is 9.68. The molecule has 1 aromatic rings. The first-order valence-corrected chi connectivity index (χ1v) is 4.22. The minimum absolute atomic E-state index is 0.155. The second-order valence-corrected chi connectivity index (χ2v) is 2.79. The number of aromatic nitrogens is 1. The largest absolute Gasteiger partial charge is 0.330 e. The van der Waals surface area contributed by atoms with Crippen LogP contribution in [-0.4, -0.2) is 17.4 Å². The number of nitrogens with zero attached hydrogens (tertiary/aromatic N) is 1. The number of nitrogens with two attached hydrogens (primary N) is 1. The lowest BCUT2D eigenvalue weighted by molar-refractivity contribution is -0.116. The fourth-order valence-electron chi connectivity index (χ4n) is 0.823. The van der Waals surface area contributed by atoms with Crippen LogP contribution in [0.25, 0.3) is 0 Å². The van der Waals surface area contributed by atoms with E-state index in [1.807, 2.05) is 0 Å². The zero-order valence-electron chi connectivity index (χ0n) is 6.96. The Morgan fingerprint density at radius 3 is 3.08 bits per heavy atom. The number of nitrogens with one attached hydrogen (secondary N) is 1. The van der Waals surface area contributed by atoms with E-state index in [2.05, 4.69) is 10.3 Å². The molecule has 1 rings (SSSR count). The van der Waals surface area contributed by atoms with Gasteiger partial charge in [-0.15, -0.1) is 0 Å². The van der Waals surface area contributed by atoms with E-state index in [0.717, 1.165) is 0 Å². The van der Waals surface area contributed by atoms with E-state index >= 15 is 0 Å². The quantitative estimate of drug-likeness (QED) is 0.715. The van der Waals surface area contributed by atoms with Gasteiger partial charge in [0.25, 0.3) is 0 Å². The number of carbonyl (C=O) groups excluding carboxylic acids is 1. The topological polar surface area (TPSA) is 68.0 Å². The average Bonchev–Trinajstić information content (AvgIpc) is 2.09. The molecule has 1 amide bonds. The molecule has 4 nitrogen and oxygen atoms in total. The van der Waals surface area contributed by atoms with Gasteiger partial charge in [-0.2, -0.15) is 0 Å². The molecular weight excluding hydrogens is 190 g/mol. The summed E-state index contributed by atoms with van der Waals surface area (Å²) in [6.45, 7) is 0.323. The Morgan fingerprint density at radius 2 is 2.46 bits per heavy atom. The number of halogens is 1. The Hall–Kier alpha value is -1.13. The van der Waals surface area contributed by atoms with E-state index in [1.165, 1.54) is 0 Å². The van der Waals surface area contributed by atoms with Crippen LogP contribution in [-0.2, 0) is 4.79 Å². The van der Waals surface area contributed by atoms with Gasteiger partial charge < -0.3 is 11.1 Å². The SMILES string of the molecule is NCCC(=O)Nc1cccnc1Cl. The molecule has 0 spiro atoms. The first kappa shape index (κ1) is 9.95. The number of anilines is 1. The lowest BCUT2D eigenvalue weighted by atomic mass is 10.3. The molecule has 3 N–H and O–H groups in total. The summed E-state index contributed by atoms with van der Waals surface area (Å²) in [5.74, 6) is -0.155. The molecule has 0 atom stereocenters. The van der Waals surface area contributed by atoms with Crippen molar-refractivity contribution in [2.45, 2.75) is 6.42 Å². The minimum atomic E-state index is -0.155. The van der Waals surface area contributed by atoms with Crippen LogP contribution in [0.1, 0.15) is 6.42 Å². The van der Waals surface area contributed by atoms with Gasteiger partial charge in [0.15, 0.2) is 5.15 Å². The minimum Gasteiger partial charge on any atom is -0.330 e. The number of amides is 1. The molecule has 0 bridgehead atoms. The summed E-state index contributed by atoms with van der Waals surface area (Å²) in [5.41, 5.74) is 5.73. The van der Waals surface area contributed by atoms with Gasteiger partial charge in [0.05, 0.1) is 5.69 Å². The molecule has 0 aliphatic carbocycles. The maximum absolute atomic E-state index is 11.1. The first-order valence-electron chi connectivity index (χ1n) is 3.84. The Morgan fingerprint density at radius 1 is 1.69 bits per heavy atom.